The van der Waals surface area contributed by atoms with Gasteiger partial charge in [-0.15, -0.1) is 0 Å². The lowest BCUT2D eigenvalue weighted by Gasteiger charge is -2.41. The van der Waals surface area contributed by atoms with E-state index in [-0.39, 0.29) is 17.7 Å². The van der Waals surface area contributed by atoms with E-state index in [9.17, 15) is 9.11 Å². The Labute approximate surface area is 177 Å². The first-order valence-corrected chi connectivity index (χ1v) is 12.4. The van der Waals surface area contributed by atoms with Crippen LogP contribution in [0.25, 0.3) is 11.0 Å². The van der Waals surface area contributed by atoms with Gasteiger partial charge >= 0.3 is 0 Å². The topological polar surface area (TPSA) is 114 Å². The molecule has 1 aliphatic carbocycles. The fraction of sp³-hybridized carbons (Fsp3) is 0.650. The molecule has 4 heterocycles. The zero-order valence-electron chi connectivity index (χ0n) is 17.4. The van der Waals surface area contributed by atoms with Crippen LogP contribution < -0.4 is 5.32 Å². The van der Waals surface area contributed by atoms with Crippen LogP contribution in [0.2, 0.25) is 0 Å². The van der Waals surface area contributed by atoms with Crippen LogP contribution in [0.5, 0.6) is 0 Å². The zero-order chi connectivity index (χ0) is 20.9. The van der Waals surface area contributed by atoms with Crippen molar-refractivity contribution in [3.8, 4) is 0 Å². The van der Waals surface area contributed by atoms with Crippen molar-refractivity contribution < 1.29 is 18.7 Å². The zero-order valence-corrected chi connectivity index (χ0v) is 18.2. The molecule has 2 aliphatic heterocycles. The second kappa shape index (κ2) is 7.37. The highest BCUT2D eigenvalue weighted by atomic mass is 32.3. The highest BCUT2D eigenvalue weighted by Crippen LogP contribution is 2.47. The minimum absolute atomic E-state index is 0.165. The number of rotatable bonds is 5. The maximum Gasteiger partial charge on any atom is 0.159 e. The molecule has 10 heteroatoms. The van der Waals surface area contributed by atoms with Crippen LogP contribution >= 0.6 is 10.6 Å². The maximum atomic E-state index is 9.97. The van der Waals surface area contributed by atoms with E-state index in [1.54, 1.807) is 7.11 Å². The van der Waals surface area contributed by atoms with Crippen molar-refractivity contribution in [2.75, 3.05) is 23.9 Å². The van der Waals surface area contributed by atoms with Crippen molar-refractivity contribution in [3.05, 3.63) is 18.0 Å². The Kier molecular flexibility index (Phi) is 4.92. The summed E-state index contributed by atoms with van der Waals surface area (Å²) in [5.41, 5.74) is 3.38. The molecule has 9 nitrogen and oxygen atoms in total. The quantitative estimate of drug-likeness (QED) is 0.659. The van der Waals surface area contributed by atoms with Crippen molar-refractivity contribution in [3.63, 3.8) is 0 Å². The molecular weight excluding hydrogens is 406 g/mol. The van der Waals surface area contributed by atoms with E-state index < -0.39 is 10.6 Å². The summed E-state index contributed by atoms with van der Waals surface area (Å²) < 4.78 is 27.2. The van der Waals surface area contributed by atoms with Gasteiger partial charge in [0.2, 0.25) is 0 Å². The van der Waals surface area contributed by atoms with Gasteiger partial charge < -0.3 is 14.9 Å². The number of methoxy groups -OCH3 is 1. The minimum atomic E-state index is -2.42. The molecule has 1 saturated heterocycles. The number of fused-ring (bicyclic) bond motifs is 1. The van der Waals surface area contributed by atoms with Gasteiger partial charge in [0, 0.05) is 62.2 Å². The summed E-state index contributed by atoms with van der Waals surface area (Å²) in [5, 5.41) is 13.5. The van der Waals surface area contributed by atoms with E-state index in [2.05, 4.69) is 20.6 Å². The fourth-order valence-corrected chi connectivity index (χ4v) is 6.24. The van der Waals surface area contributed by atoms with Crippen molar-refractivity contribution in [2.45, 2.75) is 63.3 Å². The van der Waals surface area contributed by atoms with Gasteiger partial charge in [-0.05, 0) is 19.8 Å². The first-order valence-electron chi connectivity index (χ1n) is 10.5. The number of anilines is 1. The van der Waals surface area contributed by atoms with Crippen molar-refractivity contribution in [1.82, 2.24) is 14.8 Å². The van der Waals surface area contributed by atoms with Crippen LogP contribution in [0.15, 0.2) is 17.5 Å². The third-order valence-electron chi connectivity index (χ3n) is 6.58. The van der Waals surface area contributed by atoms with E-state index in [0.717, 1.165) is 66.6 Å². The molecule has 0 bridgehead atoms. The molecule has 3 aliphatic rings. The molecule has 1 spiro atoms. The van der Waals surface area contributed by atoms with E-state index >= 15 is 0 Å². The predicted octanol–water partition coefficient (Wildman–Crippen LogP) is 3.45. The molecule has 164 valence electrons. The second-order valence-electron chi connectivity index (χ2n) is 8.63. The number of hydrogen-bond donors (Lipinski definition) is 3. The summed E-state index contributed by atoms with van der Waals surface area (Å²) >= 11 is 0. The molecule has 0 amide bonds. The standard InChI is InChI=1S/C20H29N5O4S/c1-3-25-19-16(12-22-25)18(23-13-4-6-30(26,27)7-5-13)15(11-21-19)17-10-20(29-24-17)8-14(9-20)28-2/h11-14,26-27H,3-10H2,1-2H3,(H,21,23). The third kappa shape index (κ3) is 3.45. The number of hydrogen-bond acceptors (Lipinski definition) is 8. The molecule has 3 N–H and O–H groups in total. The Hall–Kier alpha value is -1.88. The normalized spacial score (nSPS) is 24.5. The SMILES string of the molecule is CCn1ncc2c(NC3CCS(O)(O)CC3)c(C3=NOC4(C3)CC(OC)C4)cnc21. The highest BCUT2D eigenvalue weighted by molar-refractivity contribution is 8.24. The Morgan fingerprint density at radius 1 is 1.30 bits per heavy atom. The Balaban J connectivity index is 1.45. The van der Waals surface area contributed by atoms with Gasteiger partial charge in [-0.2, -0.15) is 15.7 Å². The Morgan fingerprint density at radius 3 is 2.77 bits per heavy atom. The summed E-state index contributed by atoms with van der Waals surface area (Å²) in [7, 11) is -0.684. The molecule has 0 atom stereocenters. The van der Waals surface area contributed by atoms with Gasteiger partial charge in [0.25, 0.3) is 0 Å². The van der Waals surface area contributed by atoms with E-state index in [0.29, 0.717) is 11.5 Å². The van der Waals surface area contributed by atoms with Crippen LogP contribution in [0.4, 0.5) is 5.69 Å². The number of nitrogens with zero attached hydrogens (tertiary/aromatic N) is 4. The molecule has 0 aromatic carbocycles. The highest BCUT2D eigenvalue weighted by Gasteiger charge is 2.51. The van der Waals surface area contributed by atoms with Crippen molar-refractivity contribution in [1.29, 1.82) is 0 Å². The maximum absolute atomic E-state index is 9.97. The first kappa shape index (κ1) is 20.0. The largest absolute Gasteiger partial charge is 0.388 e. The van der Waals surface area contributed by atoms with E-state index in [4.69, 9.17) is 9.57 Å². The summed E-state index contributed by atoms with van der Waals surface area (Å²) in [5.74, 6) is 0.877. The van der Waals surface area contributed by atoms with Crippen LogP contribution in [-0.2, 0) is 16.1 Å². The average Bonchev–Trinajstić information content (AvgIpc) is 3.33. The summed E-state index contributed by atoms with van der Waals surface area (Å²) in [6.45, 7) is 2.79. The first-order chi connectivity index (χ1) is 14.4. The van der Waals surface area contributed by atoms with E-state index in [1.165, 1.54) is 0 Å². The van der Waals surface area contributed by atoms with Crippen LogP contribution in [0.1, 0.15) is 44.6 Å². The third-order valence-corrected chi connectivity index (χ3v) is 8.36. The van der Waals surface area contributed by atoms with E-state index in [1.807, 2.05) is 24.0 Å². The number of ether oxygens (including phenoxy) is 1. The minimum Gasteiger partial charge on any atom is -0.388 e. The Bertz CT molecular complexity index is 975. The molecular formula is C20H29N5O4S. The van der Waals surface area contributed by atoms with Gasteiger partial charge in [0.1, 0.15) is 5.60 Å². The summed E-state index contributed by atoms with van der Waals surface area (Å²) in [6.07, 6.45) is 7.83. The molecule has 2 fully saturated rings. The number of aromatic nitrogens is 3. The number of aryl methyl sites for hydroxylation is 1. The van der Waals surface area contributed by atoms with Gasteiger partial charge in [-0.3, -0.25) is 9.11 Å². The molecule has 0 radical (unpaired) electrons. The van der Waals surface area contributed by atoms with Crippen molar-refractivity contribution >= 4 is 33.0 Å². The molecule has 0 unspecified atom stereocenters. The van der Waals surface area contributed by atoms with Gasteiger partial charge in [-0.1, -0.05) is 5.16 Å². The molecule has 2 aromatic heterocycles. The summed E-state index contributed by atoms with van der Waals surface area (Å²) in [6, 6.07) is 0.165. The van der Waals surface area contributed by atoms with Crippen molar-refractivity contribution in [2.24, 2.45) is 5.16 Å². The lowest BCUT2D eigenvalue weighted by Crippen LogP contribution is -2.48. The Morgan fingerprint density at radius 2 is 2.07 bits per heavy atom. The second-order valence-corrected chi connectivity index (χ2v) is 11.0. The predicted molar refractivity (Wildman–Crippen MR) is 117 cm³/mol. The molecule has 5 rings (SSSR count). The van der Waals surface area contributed by atoms with Crippen LogP contribution in [-0.4, -0.2) is 65.9 Å². The average molecular weight is 436 g/mol. The van der Waals surface area contributed by atoms with Gasteiger partial charge in [-0.25, -0.2) is 9.67 Å². The fourth-order valence-electron chi connectivity index (χ4n) is 4.71. The lowest BCUT2D eigenvalue weighted by molar-refractivity contribution is -0.148. The lowest BCUT2D eigenvalue weighted by atomic mass is 9.74. The molecule has 30 heavy (non-hydrogen) atoms. The van der Waals surface area contributed by atoms with Crippen LogP contribution in [0, 0.1) is 0 Å². The number of nitrogens with one attached hydrogen (secondary N) is 1. The molecule has 1 saturated carbocycles. The van der Waals surface area contributed by atoms with Gasteiger partial charge in [0.05, 0.1) is 29.1 Å². The smallest absolute Gasteiger partial charge is 0.159 e. The summed E-state index contributed by atoms with van der Waals surface area (Å²) in [4.78, 5) is 10.5. The monoisotopic (exact) mass is 435 g/mol. The molecule has 2 aromatic rings. The van der Waals surface area contributed by atoms with Crippen LogP contribution in [0.3, 0.4) is 0 Å². The number of oxime groups is 1. The number of pyridine rings is 1. The van der Waals surface area contributed by atoms with Gasteiger partial charge in [0.15, 0.2) is 5.65 Å².